The summed E-state index contributed by atoms with van der Waals surface area (Å²) in [6.45, 7) is 0. The molecule has 1 rings (SSSR count). The summed E-state index contributed by atoms with van der Waals surface area (Å²) in [5.74, 6) is -0.183. The lowest BCUT2D eigenvalue weighted by Gasteiger charge is -2.20. The Balaban J connectivity index is 2.46. The number of unbranched alkanes of at least 4 members (excludes halogenated alkanes) is 1. The van der Waals surface area contributed by atoms with Gasteiger partial charge in [0.2, 0.25) is 0 Å². The number of rotatable bonds is 6. The Kier molecular flexibility index (Phi) is 5.63. The van der Waals surface area contributed by atoms with Crippen LogP contribution in [0, 0.1) is 0 Å². The minimum absolute atomic E-state index is 0.183. The van der Waals surface area contributed by atoms with E-state index in [1.165, 1.54) is 0 Å². The van der Waals surface area contributed by atoms with Crippen LogP contribution in [-0.2, 0) is 13.4 Å². The Bertz CT molecular complexity index is 443. The molecule has 0 aromatic heterocycles. The molecule has 0 atom stereocenters. The highest BCUT2D eigenvalue weighted by molar-refractivity contribution is 9.24. The lowest BCUT2D eigenvalue weighted by Crippen LogP contribution is -2.10. The summed E-state index contributed by atoms with van der Waals surface area (Å²) in [6, 6.07) is 9.83. The molecule has 1 aromatic rings. The van der Waals surface area contributed by atoms with Gasteiger partial charge in [-0.3, -0.25) is 4.55 Å². The van der Waals surface area contributed by atoms with E-state index in [0.29, 0.717) is 12.8 Å². The quantitative estimate of drug-likeness (QED) is 0.461. The topological polar surface area (TPSA) is 54.4 Å². The van der Waals surface area contributed by atoms with E-state index in [-0.39, 0.29) is 8.99 Å². The predicted octanol–water partition coefficient (Wildman–Crippen LogP) is 3.69. The summed E-state index contributed by atoms with van der Waals surface area (Å²) in [4.78, 5) is 0. The smallest absolute Gasteiger partial charge is 0.264 e. The molecule has 0 aliphatic heterocycles. The first kappa shape index (κ1) is 15.1. The van der Waals surface area contributed by atoms with E-state index >= 15 is 0 Å². The first-order valence-corrected chi connectivity index (χ1v) is 8.39. The third kappa shape index (κ3) is 5.99. The van der Waals surface area contributed by atoms with Crippen molar-refractivity contribution >= 4 is 42.0 Å². The van der Waals surface area contributed by atoms with Crippen molar-refractivity contribution in [2.75, 3.05) is 5.75 Å². The molecule has 0 unspecified atom stereocenters. The summed E-state index contributed by atoms with van der Waals surface area (Å²) >= 11 is 7.15. The molecular formula is C11H14Br2O3S. The van der Waals surface area contributed by atoms with Gasteiger partial charge in [0.05, 0.1) is 5.75 Å². The molecule has 0 amide bonds. The lowest BCUT2D eigenvalue weighted by atomic mass is 10.1. The van der Waals surface area contributed by atoms with E-state index in [2.05, 4.69) is 31.9 Å². The van der Waals surface area contributed by atoms with Crippen LogP contribution in [0.1, 0.15) is 24.8 Å². The minimum Gasteiger partial charge on any atom is -0.286 e. The molecule has 0 fully saturated rings. The van der Waals surface area contributed by atoms with Gasteiger partial charge in [-0.05, 0) is 24.8 Å². The largest absolute Gasteiger partial charge is 0.286 e. The van der Waals surface area contributed by atoms with Crippen LogP contribution in [0.5, 0.6) is 0 Å². The van der Waals surface area contributed by atoms with Crippen LogP contribution in [0.25, 0.3) is 0 Å². The molecule has 0 heterocycles. The van der Waals surface area contributed by atoms with Gasteiger partial charge in [0, 0.05) is 0 Å². The zero-order valence-electron chi connectivity index (χ0n) is 9.14. The maximum atomic E-state index is 10.6. The molecule has 3 nitrogen and oxygen atoms in total. The van der Waals surface area contributed by atoms with Gasteiger partial charge < -0.3 is 0 Å². The molecule has 0 radical (unpaired) electrons. The van der Waals surface area contributed by atoms with Crippen LogP contribution in [0.2, 0.25) is 0 Å². The fourth-order valence-corrected chi connectivity index (χ4v) is 3.12. The van der Waals surface area contributed by atoms with E-state index in [1.807, 2.05) is 30.3 Å². The Morgan fingerprint density at radius 3 is 2.24 bits per heavy atom. The van der Waals surface area contributed by atoms with Crippen molar-refractivity contribution < 1.29 is 13.0 Å². The second kappa shape index (κ2) is 6.31. The molecule has 0 saturated carbocycles. The first-order chi connectivity index (χ1) is 7.81. The summed E-state index contributed by atoms with van der Waals surface area (Å²) in [7, 11) is -3.84. The van der Waals surface area contributed by atoms with E-state index in [0.717, 1.165) is 12.0 Å². The molecule has 0 aliphatic carbocycles. The molecule has 1 aromatic carbocycles. The Labute approximate surface area is 119 Å². The van der Waals surface area contributed by atoms with E-state index < -0.39 is 10.1 Å². The monoisotopic (exact) mass is 384 g/mol. The highest BCUT2D eigenvalue weighted by Gasteiger charge is 2.24. The number of hydrogen-bond acceptors (Lipinski definition) is 2. The molecule has 6 heteroatoms. The Morgan fingerprint density at radius 2 is 1.71 bits per heavy atom. The Morgan fingerprint density at radius 1 is 1.12 bits per heavy atom. The third-order valence-electron chi connectivity index (χ3n) is 2.34. The SMILES string of the molecule is O=S(=O)(O)CCCCC(Br)(Br)c1ccccc1. The van der Waals surface area contributed by atoms with Crippen molar-refractivity contribution in [1.82, 2.24) is 0 Å². The fraction of sp³-hybridized carbons (Fsp3) is 0.455. The van der Waals surface area contributed by atoms with E-state index in [9.17, 15) is 8.42 Å². The zero-order chi connectivity index (χ0) is 12.9. The summed E-state index contributed by atoms with van der Waals surface area (Å²) in [5.41, 5.74) is 1.09. The van der Waals surface area contributed by atoms with Crippen molar-refractivity contribution in [1.29, 1.82) is 0 Å². The average molecular weight is 386 g/mol. The van der Waals surface area contributed by atoms with Crippen molar-refractivity contribution in [3.05, 3.63) is 35.9 Å². The van der Waals surface area contributed by atoms with Crippen LogP contribution in [-0.4, -0.2) is 18.7 Å². The average Bonchev–Trinajstić information content (AvgIpc) is 2.25. The van der Waals surface area contributed by atoms with Gasteiger partial charge in [0.15, 0.2) is 0 Å². The first-order valence-electron chi connectivity index (χ1n) is 5.20. The van der Waals surface area contributed by atoms with Gasteiger partial charge in [0.25, 0.3) is 10.1 Å². The lowest BCUT2D eigenvalue weighted by molar-refractivity contribution is 0.479. The van der Waals surface area contributed by atoms with Crippen LogP contribution in [0.3, 0.4) is 0 Å². The Hall–Kier alpha value is 0.0900. The molecule has 0 saturated heterocycles. The predicted molar refractivity (Wildman–Crippen MR) is 76.2 cm³/mol. The van der Waals surface area contributed by atoms with E-state index in [4.69, 9.17) is 4.55 Å². The molecule has 0 spiro atoms. The van der Waals surface area contributed by atoms with Gasteiger partial charge in [-0.25, -0.2) is 0 Å². The van der Waals surface area contributed by atoms with E-state index in [1.54, 1.807) is 0 Å². The van der Waals surface area contributed by atoms with Gasteiger partial charge in [-0.1, -0.05) is 62.2 Å². The van der Waals surface area contributed by atoms with Crippen LogP contribution in [0.15, 0.2) is 30.3 Å². The number of hydrogen-bond donors (Lipinski definition) is 1. The van der Waals surface area contributed by atoms with Crippen molar-refractivity contribution in [2.45, 2.75) is 22.5 Å². The highest BCUT2D eigenvalue weighted by Crippen LogP contribution is 2.42. The second-order valence-corrected chi connectivity index (χ2v) is 9.16. The standard InChI is InChI=1S/C11H14Br2O3S/c12-11(13,10-6-2-1-3-7-10)8-4-5-9-17(14,15)16/h1-3,6-7H,4-5,8-9H2,(H,14,15,16). The summed E-state index contributed by atoms with van der Waals surface area (Å²) in [5, 5.41) is 0. The molecule has 0 bridgehead atoms. The van der Waals surface area contributed by atoms with Crippen molar-refractivity contribution in [3.8, 4) is 0 Å². The fourth-order valence-electron chi connectivity index (χ4n) is 1.46. The number of alkyl halides is 2. The van der Waals surface area contributed by atoms with Crippen LogP contribution < -0.4 is 0 Å². The van der Waals surface area contributed by atoms with Gasteiger partial charge in [-0.2, -0.15) is 8.42 Å². The normalized spacial score (nSPS) is 12.6. The van der Waals surface area contributed by atoms with Crippen molar-refractivity contribution in [2.24, 2.45) is 0 Å². The second-order valence-electron chi connectivity index (χ2n) is 3.81. The zero-order valence-corrected chi connectivity index (χ0v) is 13.1. The minimum atomic E-state index is -3.84. The summed E-state index contributed by atoms with van der Waals surface area (Å²) < 4.78 is 29.4. The molecule has 1 N–H and O–H groups in total. The highest BCUT2D eigenvalue weighted by atomic mass is 79.9. The van der Waals surface area contributed by atoms with Crippen LogP contribution >= 0.6 is 31.9 Å². The molecule has 17 heavy (non-hydrogen) atoms. The molecule has 96 valence electrons. The van der Waals surface area contributed by atoms with Gasteiger partial charge in [-0.15, -0.1) is 0 Å². The van der Waals surface area contributed by atoms with Gasteiger partial charge >= 0.3 is 0 Å². The number of benzene rings is 1. The van der Waals surface area contributed by atoms with Gasteiger partial charge in [0.1, 0.15) is 3.23 Å². The molecule has 0 aliphatic rings. The van der Waals surface area contributed by atoms with Crippen LogP contribution in [0.4, 0.5) is 0 Å². The molecular weight excluding hydrogens is 372 g/mol. The maximum absolute atomic E-state index is 10.6. The number of halogens is 2. The maximum Gasteiger partial charge on any atom is 0.264 e. The third-order valence-corrected chi connectivity index (χ3v) is 4.85. The summed E-state index contributed by atoms with van der Waals surface area (Å²) in [6.07, 6.45) is 1.89. The van der Waals surface area contributed by atoms with Crippen molar-refractivity contribution in [3.63, 3.8) is 0 Å².